The number of hydrogen-bond donors (Lipinski definition) is 1. The number of halogens is 1. The van der Waals surface area contributed by atoms with Crippen LogP contribution in [0.15, 0.2) is 72.9 Å². The minimum absolute atomic E-state index is 0.378. The van der Waals surface area contributed by atoms with Crippen LogP contribution in [0.1, 0.15) is 16.8 Å². The van der Waals surface area contributed by atoms with E-state index in [1.165, 1.54) is 0 Å². The van der Waals surface area contributed by atoms with E-state index in [4.69, 9.17) is 22.1 Å². The molecule has 0 saturated heterocycles. The van der Waals surface area contributed by atoms with E-state index in [0.717, 1.165) is 16.8 Å². The van der Waals surface area contributed by atoms with Gasteiger partial charge in [0.2, 0.25) is 5.91 Å². The zero-order chi connectivity index (χ0) is 18.4. The molecule has 1 heterocycles. The molecular formula is C21H17ClN2O2. The zero-order valence-corrected chi connectivity index (χ0v) is 14.7. The van der Waals surface area contributed by atoms with Gasteiger partial charge >= 0.3 is 0 Å². The van der Waals surface area contributed by atoms with Crippen molar-refractivity contribution in [3.63, 3.8) is 0 Å². The Morgan fingerprint density at radius 3 is 2.38 bits per heavy atom. The second-order valence-corrected chi connectivity index (χ2v) is 6.04. The molecule has 1 amide bonds. The number of rotatable bonds is 6. The molecule has 0 radical (unpaired) electrons. The molecule has 0 aliphatic carbocycles. The number of pyridine rings is 1. The minimum Gasteiger partial charge on any atom is -0.487 e. The number of carbonyl (C=O) groups is 1. The first-order valence-electron chi connectivity index (χ1n) is 8.02. The van der Waals surface area contributed by atoms with E-state index >= 15 is 0 Å². The first-order chi connectivity index (χ1) is 12.6. The van der Waals surface area contributed by atoms with E-state index in [2.05, 4.69) is 4.98 Å². The van der Waals surface area contributed by atoms with Crippen molar-refractivity contribution in [2.45, 2.75) is 6.61 Å². The molecule has 0 saturated carbocycles. The van der Waals surface area contributed by atoms with E-state index in [0.29, 0.717) is 23.0 Å². The Balaban J connectivity index is 1.76. The van der Waals surface area contributed by atoms with E-state index in [9.17, 15) is 4.79 Å². The van der Waals surface area contributed by atoms with Gasteiger partial charge in [-0.1, -0.05) is 41.9 Å². The fourth-order valence-corrected chi connectivity index (χ4v) is 2.52. The van der Waals surface area contributed by atoms with Crippen LogP contribution in [0.25, 0.3) is 11.6 Å². The summed E-state index contributed by atoms with van der Waals surface area (Å²) >= 11 is 5.89. The van der Waals surface area contributed by atoms with Crippen molar-refractivity contribution in [3.8, 4) is 5.75 Å². The third-order valence-electron chi connectivity index (χ3n) is 3.72. The summed E-state index contributed by atoms with van der Waals surface area (Å²) in [6, 6.07) is 20.1. The summed E-state index contributed by atoms with van der Waals surface area (Å²) in [5.74, 6) is 0.192. The molecule has 0 fully saturated rings. The summed E-state index contributed by atoms with van der Waals surface area (Å²) in [4.78, 5) is 16.1. The Bertz CT molecular complexity index is 905. The van der Waals surface area contributed by atoms with Crippen molar-refractivity contribution in [2.75, 3.05) is 0 Å². The Morgan fingerprint density at radius 1 is 1.04 bits per heavy atom. The van der Waals surface area contributed by atoms with Crippen LogP contribution in [0.5, 0.6) is 5.75 Å². The molecule has 1 aromatic heterocycles. The second kappa shape index (κ2) is 8.32. The largest absolute Gasteiger partial charge is 0.487 e. The number of aromatic nitrogens is 1. The van der Waals surface area contributed by atoms with Gasteiger partial charge in [-0.3, -0.25) is 9.78 Å². The minimum atomic E-state index is -0.498. The van der Waals surface area contributed by atoms with Gasteiger partial charge < -0.3 is 10.5 Å². The van der Waals surface area contributed by atoms with Gasteiger partial charge in [-0.25, -0.2) is 0 Å². The Hall–Kier alpha value is -3.11. The first-order valence-corrected chi connectivity index (χ1v) is 8.40. The summed E-state index contributed by atoms with van der Waals surface area (Å²) in [5.41, 5.74) is 8.38. The number of benzene rings is 2. The molecule has 3 aromatic rings. The zero-order valence-electron chi connectivity index (χ0n) is 13.9. The van der Waals surface area contributed by atoms with Crippen LogP contribution in [-0.2, 0) is 11.4 Å². The van der Waals surface area contributed by atoms with E-state index < -0.39 is 5.91 Å². The molecule has 130 valence electrons. The highest BCUT2D eigenvalue weighted by Gasteiger charge is 2.09. The molecule has 0 bridgehead atoms. The maximum absolute atomic E-state index is 11.9. The average Bonchev–Trinajstić information content (AvgIpc) is 2.67. The molecule has 3 rings (SSSR count). The molecule has 0 unspecified atom stereocenters. The lowest BCUT2D eigenvalue weighted by atomic mass is 10.0. The highest BCUT2D eigenvalue weighted by atomic mass is 35.5. The van der Waals surface area contributed by atoms with Crippen molar-refractivity contribution in [1.29, 1.82) is 0 Å². The standard InChI is InChI=1S/C21H17ClN2O2/c22-17-8-4-15(5-9-17)13-20(21(23)25)16-6-10-19(11-7-16)26-14-18-3-1-2-12-24-18/h1-13H,14H2,(H2,23,25)/b20-13+. The molecule has 4 nitrogen and oxygen atoms in total. The van der Waals surface area contributed by atoms with Gasteiger partial charge in [0.05, 0.1) is 5.69 Å². The third-order valence-corrected chi connectivity index (χ3v) is 3.98. The van der Waals surface area contributed by atoms with Crippen LogP contribution < -0.4 is 10.5 Å². The number of hydrogen-bond acceptors (Lipinski definition) is 3. The quantitative estimate of drug-likeness (QED) is 0.522. The van der Waals surface area contributed by atoms with Gasteiger partial charge in [0.15, 0.2) is 0 Å². The molecular weight excluding hydrogens is 348 g/mol. The molecule has 0 aliphatic rings. The number of primary amides is 1. The summed E-state index contributed by atoms with van der Waals surface area (Å²) in [5, 5.41) is 0.636. The van der Waals surface area contributed by atoms with Gasteiger partial charge in [0.25, 0.3) is 0 Å². The van der Waals surface area contributed by atoms with Gasteiger partial charge in [-0.05, 0) is 53.6 Å². The van der Waals surface area contributed by atoms with Crippen LogP contribution in [0.2, 0.25) is 5.02 Å². The maximum Gasteiger partial charge on any atom is 0.249 e. The van der Waals surface area contributed by atoms with Crippen LogP contribution in [0.4, 0.5) is 0 Å². The SMILES string of the molecule is NC(=O)/C(=C/c1ccc(Cl)cc1)c1ccc(OCc2ccccn2)cc1. The number of carbonyl (C=O) groups excluding carboxylic acids is 1. The summed E-state index contributed by atoms with van der Waals surface area (Å²) < 4.78 is 5.71. The van der Waals surface area contributed by atoms with Crippen LogP contribution in [0, 0.1) is 0 Å². The third kappa shape index (κ3) is 4.71. The van der Waals surface area contributed by atoms with Crippen molar-refractivity contribution in [3.05, 3.63) is 94.8 Å². The first kappa shape index (κ1) is 17.7. The highest BCUT2D eigenvalue weighted by molar-refractivity contribution is 6.30. The van der Waals surface area contributed by atoms with Gasteiger partial charge in [0.1, 0.15) is 12.4 Å². The Labute approximate surface area is 156 Å². The molecule has 26 heavy (non-hydrogen) atoms. The van der Waals surface area contributed by atoms with Crippen LogP contribution >= 0.6 is 11.6 Å². The fraction of sp³-hybridized carbons (Fsp3) is 0.0476. The summed E-state index contributed by atoms with van der Waals surface area (Å²) in [7, 11) is 0. The topological polar surface area (TPSA) is 65.2 Å². The lowest BCUT2D eigenvalue weighted by Crippen LogP contribution is -2.12. The average molecular weight is 365 g/mol. The Kier molecular flexibility index (Phi) is 5.66. The molecule has 0 spiro atoms. The summed E-state index contributed by atoms with van der Waals surface area (Å²) in [6.45, 7) is 0.378. The number of nitrogens with two attached hydrogens (primary N) is 1. The van der Waals surface area contributed by atoms with Gasteiger partial charge in [-0.2, -0.15) is 0 Å². The normalized spacial score (nSPS) is 11.2. The number of nitrogens with zero attached hydrogens (tertiary/aromatic N) is 1. The monoisotopic (exact) mass is 364 g/mol. The second-order valence-electron chi connectivity index (χ2n) is 5.61. The van der Waals surface area contributed by atoms with Crippen molar-refractivity contribution in [1.82, 2.24) is 4.98 Å². The molecule has 2 N–H and O–H groups in total. The molecule has 5 heteroatoms. The van der Waals surface area contributed by atoms with Crippen molar-refractivity contribution >= 4 is 29.2 Å². The van der Waals surface area contributed by atoms with E-state index in [1.807, 2.05) is 30.3 Å². The fourth-order valence-electron chi connectivity index (χ4n) is 2.39. The molecule has 2 aromatic carbocycles. The van der Waals surface area contributed by atoms with Crippen molar-refractivity contribution in [2.24, 2.45) is 5.73 Å². The number of ether oxygens (including phenoxy) is 1. The van der Waals surface area contributed by atoms with E-state index in [1.54, 1.807) is 48.7 Å². The van der Waals surface area contributed by atoms with Crippen molar-refractivity contribution < 1.29 is 9.53 Å². The maximum atomic E-state index is 11.9. The predicted octanol–water partition coefficient (Wildman–Crippen LogP) is 4.34. The smallest absolute Gasteiger partial charge is 0.249 e. The van der Waals surface area contributed by atoms with Gasteiger partial charge in [0, 0.05) is 16.8 Å². The van der Waals surface area contributed by atoms with Crippen LogP contribution in [-0.4, -0.2) is 10.9 Å². The Morgan fingerprint density at radius 2 is 1.77 bits per heavy atom. The van der Waals surface area contributed by atoms with Gasteiger partial charge in [-0.15, -0.1) is 0 Å². The van der Waals surface area contributed by atoms with Crippen LogP contribution in [0.3, 0.4) is 0 Å². The number of amides is 1. The lowest BCUT2D eigenvalue weighted by molar-refractivity contribution is -0.112. The molecule has 0 aliphatic heterocycles. The summed E-state index contributed by atoms with van der Waals surface area (Å²) in [6.07, 6.45) is 3.46. The van der Waals surface area contributed by atoms with E-state index in [-0.39, 0.29) is 0 Å². The lowest BCUT2D eigenvalue weighted by Gasteiger charge is -2.08. The molecule has 0 atom stereocenters. The predicted molar refractivity (Wildman–Crippen MR) is 104 cm³/mol. The highest BCUT2D eigenvalue weighted by Crippen LogP contribution is 2.22.